The van der Waals surface area contributed by atoms with Gasteiger partial charge in [0.05, 0.1) is 18.6 Å². The number of carbonyl (C=O) groups is 2. The summed E-state index contributed by atoms with van der Waals surface area (Å²) in [6.07, 6.45) is 7.97. The van der Waals surface area contributed by atoms with E-state index in [0.717, 1.165) is 43.7 Å². The number of amides is 2. The maximum Gasteiger partial charge on any atom is 0.254 e. The van der Waals surface area contributed by atoms with Gasteiger partial charge >= 0.3 is 0 Å². The number of benzene rings is 1. The number of aromatic nitrogens is 2. The van der Waals surface area contributed by atoms with Gasteiger partial charge in [0, 0.05) is 50.0 Å². The van der Waals surface area contributed by atoms with Crippen LogP contribution < -0.4 is 20.7 Å². The van der Waals surface area contributed by atoms with Crippen LogP contribution in [0.4, 0.5) is 11.4 Å². The van der Waals surface area contributed by atoms with Gasteiger partial charge in [0.1, 0.15) is 5.54 Å². The fraction of sp³-hybridized carbons (Fsp3) is 0.577. The molecule has 4 heterocycles. The highest BCUT2D eigenvalue weighted by molar-refractivity contribution is 6.06. The van der Waals surface area contributed by atoms with E-state index in [4.69, 9.17) is 0 Å². The second-order valence-corrected chi connectivity index (χ2v) is 10.5. The monoisotopic (exact) mass is 477 g/mol. The molecule has 1 aliphatic carbocycles. The lowest BCUT2D eigenvalue weighted by Gasteiger charge is -2.44. The first-order valence-electron chi connectivity index (χ1n) is 13.0. The highest BCUT2D eigenvalue weighted by Gasteiger charge is 2.55. The summed E-state index contributed by atoms with van der Waals surface area (Å²) < 4.78 is 1.85. The second kappa shape index (κ2) is 8.95. The van der Waals surface area contributed by atoms with Crippen LogP contribution in [0.15, 0.2) is 42.7 Å². The minimum absolute atomic E-state index is 0.105. The number of nitrogens with one attached hydrogen (secondary N) is 2. The van der Waals surface area contributed by atoms with E-state index in [1.807, 2.05) is 45.8 Å². The van der Waals surface area contributed by atoms with Crippen molar-refractivity contribution in [3.05, 3.63) is 42.7 Å². The third-order valence-corrected chi connectivity index (χ3v) is 8.65. The van der Waals surface area contributed by atoms with Gasteiger partial charge in [0.2, 0.25) is 5.91 Å². The van der Waals surface area contributed by atoms with Gasteiger partial charge in [-0.15, -0.1) is 0 Å². The van der Waals surface area contributed by atoms with Crippen molar-refractivity contribution in [2.45, 2.75) is 57.2 Å². The molecule has 3 atom stereocenters. The van der Waals surface area contributed by atoms with Crippen molar-refractivity contribution in [1.29, 1.82) is 0 Å². The van der Waals surface area contributed by atoms with E-state index < -0.39 is 5.54 Å². The average molecular weight is 478 g/mol. The number of likely N-dealkylation sites (tertiary alicyclic amines) is 1. The van der Waals surface area contributed by atoms with Gasteiger partial charge in [-0.3, -0.25) is 30.0 Å². The molecule has 2 N–H and O–H groups in total. The predicted octanol–water partition coefficient (Wildman–Crippen LogP) is 1.97. The number of carbonyl (C=O) groups excluding carboxylic acids is 2. The Morgan fingerprint density at radius 3 is 2.69 bits per heavy atom. The zero-order valence-electron chi connectivity index (χ0n) is 20.4. The third kappa shape index (κ3) is 3.81. The number of hydrogen-bond acceptors (Lipinski definition) is 6. The summed E-state index contributed by atoms with van der Waals surface area (Å²) in [4.78, 5) is 33.6. The summed E-state index contributed by atoms with van der Waals surface area (Å²) in [6, 6.07) is 10.7. The highest BCUT2D eigenvalue weighted by atomic mass is 16.2. The van der Waals surface area contributed by atoms with Gasteiger partial charge in [-0.1, -0.05) is 18.2 Å². The second-order valence-electron chi connectivity index (χ2n) is 10.5. The fourth-order valence-electron chi connectivity index (χ4n) is 6.57. The number of para-hydroxylation sites is 1. The Morgan fingerprint density at radius 2 is 1.94 bits per heavy atom. The first-order valence-corrected chi connectivity index (χ1v) is 13.0. The summed E-state index contributed by atoms with van der Waals surface area (Å²) >= 11 is 0. The van der Waals surface area contributed by atoms with E-state index in [2.05, 4.69) is 33.0 Å². The third-order valence-electron chi connectivity index (χ3n) is 8.65. The summed E-state index contributed by atoms with van der Waals surface area (Å²) in [7, 11) is 0. The predicted molar refractivity (Wildman–Crippen MR) is 133 cm³/mol. The standard InChI is InChI=1S/C26H35N7O2/c1-2-31-17-22(16-28-31)32-18-33(21-6-4-3-5-7-21)26(25(32)35)10-12-30(13-11-26)24(34)19-8-9-23-20(14-19)15-27-29-23/h3-7,16-17,19-20,23,27,29H,2,8-15,18H2,1H3. The van der Waals surface area contributed by atoms with Crippen molar-refractivity contribution in [2.75, 3.05) is 36.1 Å². The summed E-state index contributed by atoms with van der Waals surface area (Å²) in [5, 5.41) is 4.40. The Kier molecular flexibility index (Phi) is 5.76. The number of hydrogen-bond donors (Lipinski definition) is 2. The Labute approximate surface area is 206 Å². The molecule has 3 unspecified atom stereocenters. The van der Waals surface area contributed by atoms with Crippen molar-refractivity contribution in [2.24, 2.45) is 11.8 Å². The summed E-state index contributed by atoms with van der Waals surface area (Å²) in [6.45, 7) is 5.50. The Bertz CT molecular complexity index is 1080. The zero-order valence-corrected chi connectivity index (χ0v) is 20.4. The summed E-state index contributed by atoms with van der Waals surface area (Å²) in [5.74, 6) is 1.04. The fourth-order valence-corrected chi connectivity index (χ4v) is 6.57. The number of rotatable bonds is 4. The molecular weight excluding hydrogens is 442 g/mol. The van der Waals surface area contributed by atoms with E-state index in [1.165, 1.54) is 0 Å². The maximum absolute atomic E-state index is 14.0. The number of fused-ring (bicyclic) bond motifs is 1. The van der Waals surface area contributed by atoms with E-state index in [9.17, 15) is 9.59 Å². The molecule has 6 rings (SSSR count). The molecule has 9 heteroatoms. The van der Waals surface area contributed by atoms with Crippen molar-refractivity contribution in [1.82, 2.24) is 25.5 Å². The number of anilines is 2. The maximum atomic E-state index is 14.0. The van der Waals surface area contributed by atoms with Crippen LogP contribution in [0.3, 0.4) is 0 Å². The molecule has 4 aliphatic rings. The molecule has 1 aromatic carbocycles. The molecule has 35 heavy (non-hydrogen) atoms. The molecular formula is C26H35N7O2. The van der Waals surface area contributed by atoms with E-state index >= 15 is 0 Å². The van der Waals surface area contributed by atoms with Crippen LogP contribution >= 0.6 is 0 Å². The van der Waals surface area contributed by atoms with Gasteiger partial charge in [-0.25, -0.2) is 0 Å². The molecule has 2 aromatic rings. The topological polar surface area (TPSA) is 85.7 Å². The molecule has 0 bridgehead atoms. The zero-order chi connectivity index (χ0) is 24.0. The van der Waals surface area contributed by atoms with Gasteiger partial charge < -0.3 is 9.80 Å². The number of nitrogens with zero attached hydrogens (tertiary/aromatic N) is 5. The molecule has 9 nitrogen and oxygen atoms in total. The molecule has 1 saturated carbocycles. The largest absolute Gasteiger partial charge is 0.342 e. The Balaban J connectivity index is 1.21. The quantitative estimate of drug-likeness (QED) is 0.701. The average Bonchev–Trinajstić information content (AvgIpc) is 3.63. The normalized spacial score (nSPS) is 28.1. The molecule has 1 spiro atoms. The molecule has 2 amide bonds. The first-order chi connectivity index (χ1) is 17.1. The van der Waals surface area contributed by atoms with Gasteiger partial charge in [-0.05, 0) is 57.1 Å². The SMILES string of the molecule is CCn1cc(N2CN(c3ccccc3)C3(CCN(C(=O)C4CCC5NNCC5C4)CC3)C2=O)cn1. The van der Waals surface area contributed by atoms with Gasteiger partial charge in [-0.2, -0.15) is 5.10 Å². The van der Waals surface area contributed by atoms with Crippen molar-refractivity contribution in [3.63, 3.8) is 0 Å². The van der Waals surface area contributed by atoms with Crippen LogP contribution in [0.5, 0.6) is 0 Å². The highest BCUT2D eigenvalue weighted by Crippen LogP contribution is 2.42. The van der Waals surface area contributed by atoms with Crippen LogP contribution in [0.25, 0.3) is 0 Å². The van der Waals surface area contributed by atoms with Gasteiger partial charge in [0.25, 0.3) is 5.91 Å². The number of hydrazine groups is 1. The van der Waals surface area contributed by atoms with Gasteiger partial charge in [0.15, 0.2) is 0 Å². The Hall–Kier alpha value is -2.91. The minimum atomic E-state index is -0.636. The number of aryl methyl sites for hydroxylation is 1. The van der Waals surface area contributed by atoms with E-state index in [0.29, 0.717) is 44.6 Å². The van der Waals surface area contributed by atoms with Crippen LogP contribution in [-0.2, 0) is 16.1 Å². The number of piperidine rings is 1. The lowest BCUT2D eigenvalue weighted by Crippen LogP contribution is -2.58. The van der Waals surface area contributed by atoms with E-state index in [1.54, 1.807) is 6.20 Å². The van der Waals surface area contributed by atoms with Crippen molar-refractivity contribution < 1.29 is 9.59 Å². The lowest BCUT2D eigenvalue weighted by molar-refractivity contribution is -0.140. The molecule has 4 fully saturated rings. The molecule has 3 saturated heterocycles. The van der Waals surface area contributed by atoms with Crippen LogP contribution in [0.2, 0.25) is 0 Å². The van der Waals surface area contributed by atoms with Crippen LogP contribution in [-0.4, -0.2) is 64.4 Å². The molecule has 3 aliphatic heterocycles. The molecule has 0 radical (unpaired) electrons. The summed E-state index contributed by atoms with van der Waals surface area (Å²) in [5.41, 5.74) is 7.85. The lowest BCUT2D eigenvalue weighted by atomic mass is 9.77. The molecule has 186 valence electrons. The first kappa shape index (κ1) is 22.5. The Morgan fingerprint density at radius 1 is 1.14 bits per heavy atom. The van der Waals surface area contributed by atoms with E-state index in [-0.39, 0.29) is 17.7 Å². The smallest absolute Gasteiger partial charge is 0.254 e. The van der Waals surface area contributed by atoms with Crippen LogP contribution in [0, 0.1) is 11.8 Å². The minimum Gasteiger partial charge on any atom is -0.342 e. The molecule has 1 aromatic heterocycles. The van der Waals surface area contributed by atoms with Crippen molar-refractivity contribution >= 4 is 23.2 Å². The van der Waals surface area contributed by atoms with Crippen molar-refractivity contribution in [3.8, 4) is 0 Å². The van der Waals surface area contributed by atoms with Crippen LogP contribution in [0.1, 0.15) is 39.0 Å².